The van der Waals surface area contributed by atoms with Crippen molar-refractivity contribution in [3.63, 3.8) is 0 Å². The van der Waals surface area contributed by atoms with Gasteiger partial charge in [-0.2, -0.15) is 11.3 Å². The summed E-state index contributed by atoms with van der Waals surface area (Å²) in [6.07, 6.45) is 2.39. The van der Waals surface area contributed by atoms with Gasteiger partial charge in [0.2, 0.25) is 0 Å². The molecular weight excluding hydrogens is 210 g/mol. The number of carboxylic acids is 1. The molecule has 2 heterocycles. The van der Waals surface area contributed by atoms with Crippen molar-refractivity contribution in [3.05, 3.63) is 22.4 Å². The van der Waals surface area contributed by atoms with Gasteiger partial charge in [-0.1, -0.05) is 0 Å². The van der Waals surface area contributed by atoms with Crippen LogP contribution < -0.4 is 5.32 Å². The molecule has 15 heavy (non-hydrogen) atoms. The van der Waals surface area contributed by atoms with Gasteiger partial charge < -0.3 is 10.4 Å². The average molecular weight is 225 g/mol. The highest BCUT2D eigenvalue weighted by Gasteiger charge is 2.39. The van der Waals surface area contributed by atoms with Crippen LogP contribution in [0.3, 0.4) is 0 Å². The van der Waals surface area contributed by atoms with Crippen LogP contribution in [0.5, 0.6) is 0 Å². The second kappa shape index (κ2) is 4.33. The van der Waals surface area contributed by atoms with Crippen LogP contribution in [0.1, 0.15) is 18.4 Å². The summed E-state index contributed by atoms with van der Waals surface area (Å²) in [4.78, 5) is 11.4. The first kappa shape index (κ1) is 10.6. The van der Waals surface area contributed by atoms with Crippen molar-refractivity contribution < 1.29 is 9.90 Å². The molecule has 1 saturated heterocycles. The third-order valence-corrected chi connectivity index (χ3v) is 3.78. The Hall–Kier alpha value is -0.870. The number of thiophene rings is 1. The molecule has 82 valence electrons. The van der Waals surface area contributed by atoms with Gasteiger partial charge in [-0.3, -0.25) is 4.79 Å². The van der Waals surface area contributed by atoms with Gasteiger partial charge in [0.05, 0.1) is 5.41 Å². The lowest BCUT2D eigenvalue weighted by molar-refractivity contribution is -0.150. The maximum absolute atomic E-state index is 11.4. The highest BCUT2D eigenvalue weighted by atomic mass is 32.1. The highest BCUT2D eigenvalue weighted by molar-refractivity contribution is 7.07. The molecule has 1 fully saturated rings. The fourth-order valence-corrected chi connectivity index (χ4v) is 2.83. The highest BCUT2D eigenvalue weighted by Crippen LogP contribution is 2.31. The number of carbonyl (C=O) groups is 1. The molecule has 1 aliphatic heterocycles. The first-order valence-corrected chi connectivity index (χ1v) is 6.12. The molecule has 4 heteroatoms. The molecule has 1 atom stereocenters. The Morgan fingerprint density at radius 1 is 1.67 bits per heavy atom. The Morgan fingerprint density at radius 2 is 2.53 bits per heavy atom. The number of rotatable bonds is 3. The molecule has 0 amide bonds. The summed E-state index contributed by atoms with van der Waals surface area (Å²) in [6, 6.07) is 2.02. The molecular formula is C11H15NO2S. The van der Waals surface area contributed by atoms with Gasteiger partial charge in [0.25, 0.3) is 0 Å². The Morgan fingerprint density at radius 3 is 3.07 bits per heavy atom. The van der Waals surface area contributed by atoms with Crippen molar-refractivity contribution >= 4 is 17.3 Å². The quantitative estimate of drug-likeness (QED) is 0.824. The van der Waals surface area contributed by atoms with Crippen molar-refractivity contribution in [2.75, 3.05) is 13.1 Å². The monoisotopic (exact) mass is 225 g/mol. The lowest BCUT2D eigenvalue weighted by atomic mass is 9.76. The summed E-state index contributed by atoms with van der Waals surface area (Å²) in [7, 11) is 0. The standard InChI is InChI=1S/C11H15NO2S/c13-10(14)11(3-1-4-12-8-11)6-9-2-5-15-7-9/h2,5,7,12H,1,3-4,6,8H2,(H,13,14). The van der Waals surface area contributed by atoms with Crippen LogP contribution in [-0.2, 0) is 11.2 Å². The summed E-state index contributed by atoms with van der Waals surface area (Å²) < 4.78 is 0. The van der Waals surface area contributed by atoms with Crippen LogP contribution >= 0.6 is 11.3 Å². The third kappa shape index (κ3) is 2.21. The molecule has 0 aliphatic carbocycles. The molecule has 0 bridgehead atoms. The largest absolute Gasteiger partial charge is 0.481 e. The van der Waals surface area contributed by atoms with E-state index < -0.39 is 11.4 Å². The Balaban J connectivity index is 2.15. The fourth-order valence-electron chi connectivity index (χ4n) is 2.16. The number of carboxylic acid groups (broad SMARTS) is 1. The predicted molar refractivity (Wildman–Crippen MR) is 60.2 cm³/mol. The molecule has 1 aromatic rings. The van der Waals surface area contributed by atoms with Crippen LogP contribution in [0, 0.1) is 5.41 Å². The zero-order valence-corrected chi connectivity index (χ0v) is 9.35. The van der Waals surface area contributed by atoms with Gasteiger partial charge >= 0.3 is 5.97 Å². The molecule has 2 N–H and O–H groups in total. The summed E-state index contributed by atoms with van der Waals surface area (Å²) in [5.41, 5.74) is 0.561. The number of piperidine rings is 1. The van der Waals surface area contributed by atoms with E-state index in [9.17, 15) is 9.90 Å². The molecule has 1 aromatic heterocycles. The minimum Gasteiger partial charge on any atom is -0.481 e. The van der Waals surface area contributed by atoms with Crippen molar-refractivity contribution in [2.45, 2.75) is 19.3 Å². The first-order valence-electron chi connectivity index (χ1n) is 5.18. The minimum atomic E-state index is -0.666. The summed E-state index contributed by atoms with van der Waals surface area (Å²) >= 11 is 1.63. The number of hydrogen-bond acceptors (Lipinski definition) is 3. The van der Waals surface area contributed by atoms with Crippen molar-refractivity contribution in [1.29, 1.82) is 0 Å². The normalized spacial score (nSPS) is 26.4. The average Bonchev–Trinajstić information content (AvgIpc) is 2.71. The molecule has 0 aromatic carbocycles. The molecule has 0 radical (unpaired) electrons. The lowest BCUT2D eigenvalue weighted by Gasteiger charge is -2.33. The maximum atomic E-state index is 11.4. The lowest BCUT2D eigenvalue weighted by Crippen LogP contribution is -2.46. The third-order valence-electron chi connectivity index (χ3n) is 3.05. The second-order valence-electron chi connectivity index (χ2n) is 4.17. The van der Waals surface area contributed by atoms with Gasteiger partial charge in [0.15, 0.2) is 0 Å². The van der Waals surface area contributed by atoms with Crippen molar-refractivity contribution in [3.8, 4) is 0 Å². The Bertz CT molecular complexity index is 328. The van der Waals surface area contributed by atoms with E-state index in [0.29, 0.717) is 13.0 Å². The topological polar surface area (TPSA) is 49.3 Å². The van der Waals surface area contributed by atoms with Gasteiger partial charge in [-0.15, -0.1) is 0 Å². The molecule has 0 saturated carbocycles. The summed E-state index contributed by atoms with van der Waals surface area (Å²) in [5.74, 6) is -0.666. The van der Waals surface area contributed by atoms with Gasteiger partial charge in [-0.05, 0) is 48.2 Å². The summed E-state index contributed by atoms with van der Waals surface area (Å²) in [6.45, 7) is 1.54. The maximum Gasteiger partial charge on any atom is 0.311 e. The first-order chi connectivity index (χ1) is 7.23. The predicted octanol–water partition coefficient (Wildman–Crippen LogP) is 1.75. The smallest absolute Gasteiger partial charge is 0.311 e. The molecule has 0 spiro atoms. The summed E-state index contributed by atoms with van der Waals surface area (Å²) in [5, 5.41) is 16.6. The van der Waals surface area contributed by atoms with Crippen LogP contribution in [-0.4, -0.2) is 24.2 Å². The molecule has 2 rings (SSSR count). The van der Waals surface area contributed by atoms with Gasteiger partial charge in [0, 0.05) is 6.54 Å². The second-order valence-corrected chi connectivity index (χ2v) is 4.95. The minimum absolute atomic E-state index is 0.584. The fraction of sp³-hybridized carbons (Fsp3) is 0.545. The molecule has 1 unspecified atom stereocenters. The van der Waals surface area contributed by atoms with Crippen LogP contribution in [0.25, 0.3) is 0 Å². The van der Waals surface area contributed by atoms with E-state index in [0.717, 1.165) is 24.9 Å². The Kier molecular flexibility index (Phi) is 3.07. The SMILES string of the molecule is O=C(O)C1(Cc2ccsc2)CCCNC1. The van der Waals surface area contributed by atoms with Gasteiger partial charge in [-0.25, -0.2) is 0 Å². The van der Waals surface area contributed by atoms with E-state index in [-0.39, 0.29) is 0 Å². The number of nitrogens with one attached hydrogen (secondary N) is 1. The van der Waals surface area contributed by atoms with Crippen molar-refractivity contribution in [1.82, 2.24) is 5.32 Å². The zero-order valence-electron chi connectivity index (χ0n) is 8.53. The van der Waals surface area contributed by atoms with Crippen LogP contribution in [0.15, 0.2) is 16.8 Å². The zero-order chi connectivity index (χ0) is 10.7. The van der Waals surface area contributed by atoms with E-state index >= 15 is 0 Å². The van der Waals surface area contributed by atoms with E-state index in [1.807, 2.05) is 16.8 Å². The van der Waals surface area contributed by atoms with Gasteiger partial charge in [0.1, 0.15) is 0 Å². The van der Waals surface area contributed by atoms with E-state index in [4.69, 9.17) is 0 Å². The van der Waals surface area contributed by atoms with E-state index in [1.165, 1.54) is 0 Å². The van der Waals surface area contributed by atoms with Crippen LogP contribution in [0.4, 0.5) is 0 Å². The number of hydrogen-bond donors (Lipinski definition) is 2. The molecule has 3 nitrogen and oxygen atoms in total. The number of aliphatic carboxylic acids is 1. The van der Waals surface area contributed by atoms with E-state index in [2.05, 4.69) is 5.32 Å². The van der Waals surface area contributed by atoms with Crippen LogP contribution in [0.2, 0.25) is 0 Å². The van der Waals surface area contributed by atoms with E-state index in [1.54, 1.807) is 11.3 Å². The Labute approximate surface area is 93.1 Å². The van der Waals surface area contributed by atoms with Crippen molar-refractivity contribution in [2.24, 2.45) is 5.41 Å². The molecule has 1 aliphatic rings.